The third kappa shape index (κ3) is 1.07. The average molecular weight is 204 g/mol. The van der Waals surface area contributed by atoms with E-state index in [0.717, 1.165) is 0 Å². The fraction of sp³-hybridized carbons (Fsp3) is 1.00. The van der Waals surface area contributed by atoms with Gasteiger partial charge in [0, 0.05) is 7.11 Å². The molecule has 0 bridgehead atoms. The summed E-state index contributed by atoms with van der Waals surface area (Å²) in [6.07, 6.45) is -2.97. The maximum Gasteiger partial charge on any atom is 0.186 e. The number of fused-ring (bicyclic) bond motifs is 1. The van der Waals surface area contributed by atoms with Crippen molar-refractivity contribution in [2.75, 3.05) is 7.11 Å². The molecule has 2 heterocycles. The van der Waals surface area contributed by atoms with E-state index in [1.807, 2.05) is 0 Å². The molecule has 5 nitrogen and oxygen atoms in total. The molecule has 0 aromatic rings. The van der Waals surface area contributed by atoms with Gasteiger partial charge in [-0.25, -0.2) is 0 Å². The molecule has 0 spiro atoms. The van der Waals surface area contributed by atoms with E-state index in [1.54, 1.807) is 13.8 Å². The first-order valence-electron chi connectivity index (χ1n) is 4.76. The van der Waals surface area contributed by atoms with Gasteiger partial charge in [0.05, 0.1) is 12.2 Å². The van der Waals surface area contributed by atoms with E-state index in [2.05, 4.69) is 0 Å². The average Bonchev–Trinajstić information content (AvgIpc) is 2.18. The van der Waals surface area contributed by atoms with Gasteiger partial charge in [-0.15, -0.1) is 0 Å². The molecule has 2 rings (SSSR count). The highest BCUT2D eigenvalue weighted by atomic mass is 16.7. The number of methoxy groups -OCH3 is 1. The van der Waals surface area contributed by atoms with Gasteiger partial charge in [-0.3, -0.25) is 0 Å². The molecule has 5 heteroatoms. The van der Waals surface area contributed by atoms with Gasteiger partial charge in [0.2, 0.25) is 0 Å². The number of hydrogen-bond donors (Lipinski definition) is 2. The molecule has 2 aliphatic rings. The van der Waals surface area contributed by atoms with Gasteiger partial charge >= 0.3 is 0 Å². The summed E-state index contributed by atoms with van der Waals surface area (Å²) in [6, 6.07) is 0. The number of hydrogen-bond acceptors (Lipinski definition) is 5. The summed E-state index contributed by atoms with van der Waals surface area (Å²) in [5.41, 5.74) is -1.09. The van der Waals surface area contributed by atoms with Gasteiger partial charge < -0.3 is 24.4 Å². The third-order valence-corrected chi connectivity index (χ3v) is 3.27. The van der Waals surface area contributed by atoms with E-state index in [-0.39, 0.29) is 6.10 Å². The molecular formula is C9H16O5. The number of rotatable bonds is 1. The Morgan fingerprint density at radius 2 is 1.79 bits per heavy atom. The minimum atomic E-state index is -1.09. The Morgan fingerprint density at radius 3 is 2.29 bits per heavy atom. The van der Waals surface area contributed by atoms with Crippen LogP contribution < -0.4 is 0 Å². The number of aliphatic hydroxyl groups is 2. The number of aliphatic hydroxyl groups excluding tert-OH is 1. The molecule has 2 aliphatic heterocycles. The third-order valence-electron chi connectivity index (χ3n) is 3.27. The summed E-state index contributed by atoms with van der Waals surface area (Å²) in [6.45, 7) is 3.51. The largest absolute Gasteiger partial charge is 0.385 e. The standard InChI is InChI=1S/C9H16O5/c1-4-9(11)5(2)14-8(12-3)6(10)7(9)13-4/h4-8,10-11H,1-3H3/t4-,5-,6-,7-,8+,9-/m1/s1. The summed E-state index contributed by atoms with van der Waals surface area (Å²) >= 11 is 0. The Balaban J connectivity index is 2.18. The molecule has 2 N–H and O–H groups in total. The van der Waals surface area contributed by atoms with Crippen LogP contribution >= 0.6 is 0 Å². The van der Waals surface area contributed by atoms with Crippen molar-refractivity contribution in [3.05, 3.63) is 0 Å². The summed E-state index contributed by atoms with van der Waals surface area (Å²) in [5.74, 6) is 0. The predicted molar refractivity (Wildman–Crippen MR) is 46.6 cm³/mol. The molecule has 0 saturated carbocycles. The molecule has 2 saturated heterocycles. The van der Waals surface area contributed by atoms with Crippen LogP contribution in [0.25, 0.3) is 0 Å². The van der Waals surface area contributed by atoms with Crippen LogP contribution in [-0.2, 0) is 14.2 Å². The van der Waals surface area contributed by atoms with E-state index in [1.165, 1.54) is 7.11 Å². The maximum atomic E-state index is 10.2. The lowest BCUT2D eigenvalue weighted by atomic mass is 9.76. The highest BCUT2D eigenvalue weighted by molar-refractivity contribution is 5.11. The van der Waals surface area contributed by atoms with Gasteiger partial charge in [0.25, 0.3) is 0 Å². The summed E-state index contributed by atoms with van der Waals surface area (Å²) in [4.78, 5) is 0. The van der Waals surface area contributed by atoms with Crippen LogP contribution in [0.4, 0.5) is 0 Å². The molecule has 0 radical (unpaired) electrons. The van der Waals surface area contributed by atoms with Crippen molar-refractivity contribution in [2.24, 2.45) is 0 Å². The summed E-state index contributed by atoms with van der Waals surface area (Å²) < 4.78 is 15.6. The first-order chi connectivity index (χ1) is 6.51. The van der Waals surface area contributed by atoms with E-state index in [4.69, 9.17) is 14.2 Å². The highest BCUT2D eigenvalue weighted by Crippen LogP contribution is 2.43. The molecule has 14 heavy (non-hydrogen) atoms. The predicted octanol–water partition coefficient (Wildman–Crippen LogP) is -0.743. The Bertz CT molecular complexity index is 233. The Hall–Kier alpha value is -0.200. The fourth-order valence-electron chi connectivity index (χ4n) is 2.24. The van der Waals surface area contributed by atoms with Crippen molar-refractivity contribution < 1.29 is 24.4 Å². The van der Waals surface area contributed by atoms with Gasteiger partial charge in [0.15, 0.2) is 6.29 Å². The smallest absolute Gasteiger partial charge is 0.186 e. The molecule has 0 amide bonds. The van der Waals surface area contributed by atoms with E-state index in [0.29, 0.717) is 0 Å². The van der Waals surface area contributed by atoms with Crippen LogP contribution in [0.15, 0.2) is 0 Å². The number of ether oxygens (including phenoxy) is 3. The lowest BCUT2D eigenvalue weighted by Crippen LogP contribution is -2.78. The zero-order chi connectivity index (χ0) is 10.5. The van der Waals surface area contributed by atoms with Crippen molar-refractivity contribution in [1.82, 2.24) is 0 Å². The van der Waals surface area contributed by atoms with Crippen LogP contribution in [-0.4, -0.2) is 53.6 Å². The van der Waals surface area contributed by atoms with Crippen molar-refractivity contribution >= 4 is 0 Å². The van der Waals surface area contributed by atoms with Crippen molar-refractivity contribution in [2.45, 2.75) is 50.2 Å². The first kappa shape index (κ1) is 10.3. The van der Waals surface area contributed by atoms with E-state index in [9.17, 15) is 10.2 Å². The minimum absolute atomic E-state index is 0.310. The van der Waals surface area contributed by atoms with Crippen LogP contribution in [0.5, 0.6) is 0 Å². The lowest BCUT2D eigenvalue weighted by molar-refractivity contribution is -0.407. The molecular weight excluding hydrogens is 188 g/mol. The molecule has 0 aromatic heterocycles. The second-order valence-electron chi connectivity index (χ2n) is 3.96. The fourth-order valence-corrected chi connectivity index (χ4v) is 2.24. The molecule has 0 aromatic carbocycles. The van der Waals surface area contributed by atoms with Gasteiger partial charge in [-0.1, -0.05) is 0 Å². The second kappa shape index (κ2) is 3.15. The summed E-state index contributed by atoms with van der Waals surface area (Å²) in [7, 11) is 1.45. The monoisotopic (exact) mass is 204 g/mol. The van der Waals surface area contributed by atoms with Crippen LogP contribution in [0.2, 0.25) is 0 Å². The zero-order valence-corrected chi connectivity index (χ0v) is 8.51. The van der Waals surface area contributed by atoms with Crippen molar-refractivity contribution in [1.29, 1.82) is 0 Å². The van der Waals surface area contributed by atoms with Crippen molar-refractivity contribution in [3.8, 4) is 0 Å². The molecule has 6 atom stereocenters. The summed E-state index contributed by atoms with van der Waals surface area (Å²) in [5, 5.41) is 19.9. The second-order valence-corrected chi connectivity index (χ2v) is 3.96. The Labute approximate surface area is 82.6 Å². The minimum Gasteiger partial charge on any atom is -0.385 e. The van der Waals surface area contributed by atoms with Crippen molar-refractivity contribution in [3.63, 3.8) is 0 Å². The Kier molecular flexibility index (Phi) is 2.32. The van der Waals surface area contributed by atoms with Gasteiger partial charge in [0.1, 0.15) is 17.8 Å². The zero-order valence-electron chi connectivity index (χ0n) is 8.51. The Morgan fingerprint density at radius 1 is 1.21 bits per heavy atom. The van der Waals surface area contributed by atoms with E-state index >= 15 is 0 Å². The topological polar surface area (TPSA) is 68.2 Å². The molecule has 0 unspecified atom stereocenters. The lowest BCUT2D eigenvalue weighted by Gasteiger charge is -2.59. The SMILES string of the molecule is CO[C@H]1O[C@H](C)[C@@]2(O)[C@H](O[C@@H]2C)[C@H]1O. The van der Waals surface area contributed by atoms with Crippen LogP contribution in [0.1, 0.15) is 13.8 Å². The maximum absolute atomic E-state index is 10.2. The quantitative estimate of drug-likeness (QED) is 0.588. The highest BCUT2D eigenvalue weighted by Gasteiger charge is 2.65. The van der Waals surface area contributed by atoms with Gasteiger partial charge in [-0.2, -0.15) is 0 Å². The van der Waals surface area contributed by atoms with E-state index < -0.39 is 30.2 Å². The van der Waals surface area contributed by atoms with Crippen LogP contribution in [0.3, 0.4) is 0 Å². The normalized spacial score (nSPS) is 57.6. The first-order valence-corrected chi connectivity index (χ1v) is 4.76. The van der Waals surface area contributed by atoms with Crippen LogP contribution in [0, 0.1) is 0 Å². The molecule has 2 fully saturated rings. The molecule has 82 valence electrons. The van der Waals surface area contributed by atoms with Gasteiger partial charge in [-0.05, 0) is 13.8 Å². The molecule has 0 aliphatic carbocycles.